The summed E-state index contributed by atoms with van der Waals surface area (Å²) in [5.74, 6) is -0.413. The van der Waals surface area contributed by atoms with Crippen molar-refractivity contribution in [2.24, 2.45) is 0 Å². The number of ether oxygens (including phenoxy) is 1. The van der Waals surface area contributed by atoms with Crippen molar-refractivity contribution in [2.45, 2.75) is 26.2 Å². The predicted octanol–water partition coefficient (Wildman–Crippen LogP) is 1.60. The number of carbonyl (C=O) groups excluding carboxylic acids is 2. The van der Waals surface area contributed by atoms with Crippen LogP contribution in [0.5, 0.6) is 0 Å². The van der Waals surface area contributed by atoms with Gasteiger partial charge in [-0.25, -0.2) is 0 Å². The molecule has 126 valence electrons. The van der Waals surface area contributed by atoms with Gasteiger partial charge in [-0.05, 0) is 36.7 Å². The second kappa shape index (κ2) is 10.6. The number of rotatable bonds is 8. The lowest BCUT2D eigenvalue weighted by Gasteiger charge is -2.12. The monoisotopic (exact) mass is 337 g/mol. The van der Waals surface area contributed by atoms with Crippen molar-refractivity contribution in [3.63, 3.8) is 0 Å². The molecule has 0 atom stereocenters. The van der Waals surface area contributed by atoms with E-state index in [-0.39, 0.29) is 18.4 Å². The number of thiocarbonyl (C=S) groups is 1. The Labute approximate surface area is 142 Å². The van der Waals surface area contributed by atoms with E-state index in [0.29, 0.717) is 24.5 Å². The second-order valence-electron chi connectivity index (χ2n) is 4.85. The van der Waals surface area contributed by atoms with Crippen LogP contribution in [-0.4, -0.2) is 37.2 Å². The number of para-hydroxylation sites is 1. The summed E-state index contributed by atoms with van der Waals surface area (Å²) in [6.45, 7) is 2.67. The van der Waals surface area contributed by atoms with Crippen molar-refractivity contribution in [1.82, 2.24) is 10.6 Å². The van der Waals surface area contributed by atoms with Crippen molar-refractivity contribution in [1.29, 1.82) is 0 Å². The van der Waals surface area contributed by atoms with Gasteiger partial charge in [-0.2, -0.15) is 0 Å². The van der Waals surface area contributed by atoms with E-state index in [0.717, 1.165) is 17.7 Å². The van der Waals surface area contributed by atoms with Crippen LogP contribution in [0.3, 0.4) is 0 Å². The van der Waals surface area contributed by atoms with E-state index in [1.807, 2.05) is 31.2 Å². The Morgan fingerprint density at radius 3 is 2.65 bits per heavy atom. The van der Waals surface area contributed by atoms with Gasteiger partial charge in [0.2, 0.25) is 5.91 Å². The molecule has 0 aliphatic heterocycles. The van der Waals surface area contributed by atoms with Crippen LogP contribution >= 0.6 is 12.2 Å². The van der Waals surface area contributed by atoms with Gasteiger partial charge in [0.05, 0.1) is 13.7 Å². The van der Waals surface area contributed by atoms with E-state index in [2.05, 4.69) is 20.7 Å². The van der Waals surface area contributed by atoms with Crippen LogP contribution in [0.4, 0.5) is 5.69 Å². The molecule has 0 heterocycles. The lowest BCUT2D eigenvalue weighted by Crippen LogP contribution is -2.40. The molecule has 3 N–H and O–H groups in total. The Balaban J connectivity index is 2.25. The Morgan fingerprint density at radius 2 is 1.96 bits per heavy atom. The first-order chi connectivity index (χ1) is 11.1. The van der Waals surface area contributed by atoms with E-state index in [4.69, 9.17) is 12.2 Å². The molecule has 0 spiro atoms. The zero-order valence-corrected chi connectivity index (χ0v) is 14.3. The first-order valence-corrected chi connectivity index (χ1v) is 7.94. The van der Waals surface area contributed by atoms with Gasteiger partial charge in [0, 0.05) is 18.7 Å². The minimum absolute atomic E-state index is 0.0842. The highest BCUT2D eigenvalue weighted by molar-refractivity contribution is 7.80. The van der Waals surface area contributed by atoms with E-state index in [9.17, 15) is 9.59 Å². The molecule has 23 heavy (non-hydrogen) atoms. The molecule has 0 fully saturated rings. The molecule has 1 aromatic carbocycles. The molecule has 0 aromatic heterocycles. The summed E-state index contributed by atoms with van der Waals surface area (Å²) in [6.07, 6.45) is 1.80. The molecule has 0 bridgehead atoms. The largest absolute Gasteiger partial charge is 0.469 e. The van der Waals surface area contributed by atoms with Crippen molar-refractivity contribution in [3.05, 3.63) is 29.8 Å². The number of carbonyl (C=O) groups is 2. The molecular formula is C16H23N3O3S. The minimum atomic E-state index is -0.250. The first-order valence-electron chi connectivity index (χ1n) is 7.53. The maximum atomic E-state index is 11.9. The van der Waals surface area contributed by atoms with Crippen LogP contribution in [-0.2, 0) is 20.7 Å². The van der Waals surface area contributed by atoms with Crippen molar-refractivity contribution >= 4 is 34.9 Å². The maximum Gasteiger partial charge on any atom is 0.305 e. The molecule has 0 unspecified atom stereocenters. The average Bonchev–Trinajstić information content (AvgIpc) is 2.57. The summed E-state index contributed by atoms with van der Waals surface area (Å²) in [4.78, 5) is 22.9. The van der Waals surface area contributed by atoms with E-state index in [1.165, 1.54) is 7.11 Å². The summed E-state index contributed by atoms with van der Waals surface area (Å²) in [7, 11) is 1.36. The van der Waals surface area contributed by atoms with Crippen LogP contribution in [0.2, 0.25) is 0 Å². The highest BCUT2D eigenvalue weighted by Crippen LogP contribution is 2.14. The summed E-state index contributed by atoms with van der Waals surface area (Å²) >= 11 is 5.07. The van der Waals surface area contributed by atoms with Crippen LogP contribution in [0.15, 0.2) is 24.3 Å². The third-order valence-electron chi connectivity index (χ3n) is 3.15. The van der Waals surface area contributed by atoms with Crippen LogP contribution in [0, 0.1) is 0 Å². The van der Waals surface area contributed by atoms with Crippen LogP contribution in [0.1, 0.15) is 25.3 Å². The number of methoxy groups -OCH3 is 1. The molecule has 0 aliphatic rings. The van der Waals surface area contributed by atoms with Gasteiger partial charge in [0.15, 0.2) is 5.11 Å². The predicted molar refractivity (Wildman–Crippen MR) is 94.3 cm³/mol. The fourth-order valence-corrected chi connectivity index (χ4v) is 2.08. The van der Waals surface area contributed by atoms with Crippen LogP contribution < -0.4 is 16.0 Å². The summed E-state index contributed by atoms with van der Waals surface area (Å²) in [5, 5.41) is 9.01. The Hall–Kier alpha value is -2.15. The van der Waals surface area contributed by atoms with Crippen molar-refractivity contribution < 1.29 is 14.3 Å². The fourth-order valence-electron chi connectivity index (χ4n) is 1.90. The molecule has 6 nitrogen and oxygen atoms in total. The fraction of sp³-hybridized carbons (Fsp3) is 0.438. The zero-order chi connectivity index (χ0) is 17.1. The number of hydrogen-bond acceptors (Lipinski definition) is 4. The number of amides is 1. The van der Waals surface area contributed by atoms with Gasteiger partial charge in [-0.15, -0.1) is 0 Å². The molecule has 0 radical (unpaired) electrons. The number of nitrogens with one attached hydrogen (secondary N) is 3. The van der Waals surface area contributed by atoms with E-state index >= 15 is 0 Å². The lowest BCUT2D eigenvalue weighted by molar-refractivity contribution is -0.140. The number of hydrogen-bond donors (Lipinski definition) is 3. The molecule has 0 saturated carbocycles. The quantitative estimate of drug-likeness (QED) is 0.380. The van der Waals surface area contributed by atoms with Gasteiger partial charge in [-0.3, -0.25) is 9.59 Å². The third kappa shape index (κ3) is 7.60. The maximum absolute atomic E-state index is 11.9. The minimum Gasteiger partial charge on any atom is -0.469 e. The first kappa shape index (κ1) is 18.9. The molecule has 1 rings (SSSR count). The molecule has 1 amide bonds. The molecule has 0 saturated heterocycles. The van der Waals surface area contributed by atoms with Gasteiger partial charge in [-0.1, -0.05) is 25.1 Å². The highest BCUT2D eigenvalue weighted by Gasteiger charge is 2.06. The van der Waals surface area contributed by atoms with Gasteiger partial charge in [0.25, 0.3) is 0 Å². The summed E-state index contributed by atoms with van der Waals surface area (Å²) in [6, 6.07) is 7.69. The lowest BCUT2D eigenvalue weighted by atomic mass is 10.1. The number of benzene rings is 1. The van der Waals surface area contributed by atoms with Crippen molar-refractivity contribution in [3.8, 4) is 0 Å². The molecule has 7 heteroatoms. The molecular weight excluding hydrogens is 314 g/mol. The highest BCUT2D eigenvalue weighted by atomic mass is 32.1. The number of esters is 1. The molecule has 1 aromatic rings. The second-order valence-corrected chi connectivity index (χ2v) is 5.26. The zero-order valence-electron chi connectivity index (χ0n) is 13.5. The third-order valence-corrected chi connectivity index (χ3v) is 3.44. The van der Waals surface area contributed by atoms with E-state index in [1.54, 1.807) is 0 Å². The Kier molecular flexibility index (Phi) is 8.67. The smallest absolute Gasteiger partial charge is 0.305 e. The standard InChI is InChI=1S/C16H23N3O3S/c1-3-12-7-4-5-8-13(12)19-14(20)11-18-16(23)17-10-6-9-15(21)22-2/h4-5,7-8H,3,6,9-11H2,1-2H3,(H,19,20)(H2,17,18,23). The topological polar surface area (TPSA) is 79.5 Å². The van der Waals surface area contributed by atoms with E-state index < -0.39 is 0 Å². The van der Waals surface area contributed by atoms with Gasteiger partial charge in [0.1, 0.15) is 0 Å². The molecule has 0 aliphatic carbocycles. The normalized spacial score (nSPS) is 9.83. The van der Waals surface area contributed by atoms with Crippen molar-refractivity contribution in [2.75, 3.05) is 25.5 Å². The number of anilines is 1. The van der Waals surface area contributed by atoms with Gasteiger partial charge >= 0.3 is 5.97 Å². The van der Waals surface area contributed by atoms with Gasteiger partial charge < -0.3 is 20.7 Å². The Bertz CT molecular complexity index is 549. The van der Waals surface area contributed by atoms with Crippen LogP contribution in [0.25, 0.3) is 0 Å². The SMILES string of the molecule is CCc1ccccc1NC(=O)CNC(=S)NCCCC(=O)OC. The summed E-state index contributed by atoms with van der Waals surface area (Å²) in [5.41, 5.74) is 1.91. The number of aryl methyl sites for hydroxylation is 1. The average molecular weight is 337 g/mol. The summed E-state index contributed by atoms with van der Waals surface area (Å²) < 4.78 is 4.54. The Morgan fingerprint density at radius 1 is 1.22 bits per heavy atom.